The molecule has 4 aliphatic carbocycles. The van der Waals surface area contributed by atoms with Crippen molar-refractivity contribution in [2.75, 3.05) is 33.3 Å². The molecule has 8 nitrogen and oxygen atoms in total. The highest BCUT2D eigenvalue weighted by Gasteiger charge is 2.59. The molecule has 5 fully saturated rings. The maximum atomic E-state index is 13.5. The van der Waals surface area contributed by atoms with Crippen LogP contribution >= 0.6 is 0 Å². The molecule has 0 radical (unpaired) electrons. The van der Waals surface area contributed by atoms with Gasteiger partial charge in [-0.05, 0) is 75.8 Å². The first-order chi connectivity index (χ1) is 15.7. The van der Waals surface area contributed by atoms with Crippen LogP contribution in [0.15, 0.2) is 22.8 Å². The summed E-state index contributed by atoms with van der Waals surface area (Å²) in [5.74, 6) is 1.49. The molecule has 6 rings (SSSR count). The van der Waals surface area contributed by atoms with Crippen molar-refractivity contribution < 1.29 is 23.5 Å². The summed E-state index contributed by atoms with van der Waals surface area (Å²) in [6.45, 7) is 6.34. The summed E-state index contributed by atoms with van der Waals surface area (Å²) < 4.78 is 10.4. The molecular formula is C25H35N3O5. The zero-order valence-corrected chi connectivity index (χ0v) is 19.8. The largest absolute Gasteiger partial charge is 0.469 e. The Morgan fingerprint density at radius 2 is 1.76 bits per heavy atom. The number of methoxy groups -OCH3 is 1. The van der Waals surface area contributed by atoms with E-state index in [1.165, 1.54) is 13.4 Å². The van der Waals surface area contributed by atoms with Gasteiger partial charge in [0.2, 0.25) is 5.91 Å². The lowest BCUT2D eigenvalue weighted by atomic mass is 9.48. The van der Waals surface area contributed by atoms with E-state index in [9.17, 15) is 14.4 Å². The number of carbonyl (C=O) groups is 3. The average molecular weight is 458 g/mol. The van der Waals surface area contributed by atoms with Gasteiger partial charge >= 0.3 is 5.97 Å². The predicted octanol–water partition coefficient (Wildman–Crippen LogP) is 2.30. The molecule has 1 N–H and O–H groups in total. The maximum Gasteiger partial charge on any atom is 0.311 e. The first-order valence-corrected chi connectivity index (χ1v) is 12.2. The minimum Gasteiger partial charge on any atom is -0.469 e. The standard InChI is InChI=1S/C25H35N3O5/c1-24(2,28-8-6-27(7-9-28)21(29)19-5-4-10-33-19)22(30)26-20-17-11-16-12-18(20)15-25(13-16,14-17)23(31)32-3/h4-5,10,16-18,20H,6-9,11-15H2,1-3H3,(H,26,30). The van der Waals surface area contributed by atoms with Crippen molar-refractivity contribution in [1.29, 1.82) is 0 Å². The molecule has 8 heteroatoms. The second-order valence-electron chi connectivity index (χ2n) is 11.1. The molecule has 2 atom stereocenters. The Kier molecular flexibility index (Phi) is 5.54. The molecule has 0 spiro atoms. The molecule has 4 saturated carbocycles. The fraction of sp³-hybridized carbons (Fsp3) is 0.720. The predicted molar refractivity (Wildman–Crippen MR) is 120 cm³/mol. The number of amides is 2. The molecule has 2 amide bonds. The van der Waals surface area contributed by atoms with Crippen molar-refractivity contribution in [3.8, 4) is 0 Å². The first-order valence-electron chi connectivity index (χ1n) is 12.2. The Hall–Kier alpha value is -2.35. The molecule has 180 valence electrons. The van der Waals surface area contributed by atoms with Crippen LogP contribution in [0.1, 0.15) is 56.5 Å². The van der Waals surface area contributed by atoms with Crippen molar-refractivity contribution in [3.63, 3.8) is 0 Å². The van der Waals surface area contributed by atoms with Gasteiger partial charge in [-0.3, -0.25) is 19.3 Å². The Morgan fingerprint density at radius 1 is 1.09 bits per heavy atom. The quantitative estimate of drug-likeness (QED) is 0.682. The molecule has 4 bridgehead atoms. The Labute approximate surface area is 195 Å². The van der Waals surface area contributed by atoms with E-state index in [1.54, 1.807) is 17.0 Å². The highest BCUT2D eigenvalue weighted by atomic mass is 16.5. The summed E-state index contributed by atoms with van der Waals surface area (Å²) in [7, 11) is 1.49. The summed E-state index contributed by atoms with van der Waals surface area (Å²) in [4.78, 5) is 42.6. The number of esters is 1. The smallest absolute Gasteiger partial charge is 0.311 e. The highest BCUT2D eigenvalue weighted by molar-refractivity contribution is 5.91. The van der Waals surface area contributed by atoms with Crippen LogP contribution in [0.2, 0.25) is 0 Å². The maximum absolute atomic E-state index is 13.5. The van der Waals surface area contributed by atoms with E-state index < -0.39 is 5.54 Å². The third-order valence-electron chi connectivity index (χ3n) is 8.83. The first kappa shape index (κ1) is 22.4. The van der Waals surface area contributed by atoms with E-state index in [0.717, 1.165) is 32.1 Å². The highest BCUT2D eigenvalue weighted by Crippen LogP contribution is 2.60. The van der Waals surface area contributed by atoms with E-state index in [-0.39, 0.29) is 29.2 Å². The minimum absolute atomic E-state index is 0.0397. The van der Waals surface area contributed by atoms with Crippen molar-refractivity contribution in [2.45, 2.75) is 57.5 Å². The van der Waals surface area contributed by atoms with Gasteiger partial charge in [0, 0.05) is 32.2 Å². The minimum atomic E-state index is -0.672. The van der Waals surface area contributed by atoms with Gasteiger partial charge in [0.25, 0.3) is 5.91 Å². The number of carbonyl (C=O) groups excluding carboxylic acids is 3. The van der Waals surface area contributed by atoms with Gasteiger partial charge in [-0.25, -0.2) is 0 Å². The molecule has 5 aliphatic rings. The second-order valence-corrected chi connectivity index (χ2v) is 11.1. The van der Waals surface area contributed by atoms with Gasteiger partial charge in [0.15, 0.2) is 5.76 Å². The number of ether oxygens (including phenoxy) is 1. The molecular weight excluding hydrogens is 422 g/mol. The number of hydrogen-bond donors (Lipinski definition) is 1. The summed E-state index contributed by atoms with van der Waals surface area (Å²) in [5.41, 5.74) is -1.01. The SMILES string of the molecule is COC(=O)C12CC3CC(C1)C(NC(=O)C(C)(C)N1CCN(C(=O)c4ccco4)CC1)C(C3)C2. The molecule has 1 aromatic rings. The number of nitrogens with zero attached hydrogens (tertiary/aromatic N) is 2. The van der Waals surface area contributed by atoms with Gasteiger partial charge in [-0.15, -0.1) is 0 Å². The van der Waals surface area contributed by atoms with Crippen LogP contribution in [0.3, 0.4) is 0 Å². The fourth-order valence-corrected chi connectivity index (χ4v) is 7.22. The Morgan fingerprint density at radius 3 is 2.33 bits per heavy atom. The molecule has 1 aliphatic heterocycles. The van der Waals surface area contributed by atoms with Crippen LogP contribution in [0.4, 0.5) is 0 Å². The zero-order valence-electron chi connectivity index (χ0n) is 19.8. The molecule has 1 aromatic heterocycles. The molecule has 1 saturated heterocycles. The second kappa shape index (κ2) is 8.15. The van der Waals surface area contributed by atoms with E-state index in [4.69, 9.17) is 9.15 Å². The number of hydrogen-bond acceptors (Lipinski definition) is 6. The fourth-order valence-electron chi connectivity index (χ4n) is 7.22. The average Bonchev–Trinajstić information content (AvgIpc) is 3.35. The molecule has 0 aromatic carbocycles. The summed E-state index contributed by atoms with van der Waals surface area (Å²) in [6.07, 6.45) is 6.29. The van der Waals surface area contributed by atoms with Crippen LogP contribution in [-0.2, 0) is 14.3 Å². The zero-order chi connectivity index (χ0) is 23.4. The van der Waals surface area contributed by atoms with Crippen LogP contribution in [0.25, 0.3) is 0 Å². The third-order valence-corrected chi connectivity index (χ3v) is 8.83. The van der Waals surface area contributed by atoms with Crippen LogP contribution in [0.5, 0.6) is 0 Å². The molecule has 2 unspecified atom stereocenters. The summed E-state index contributed by atoms with van der Waals surface area (Å²) in [5, 5.41) is 3.40. The topological polar surface area (TPSA) is 92.1 Å². The lowest BCUT2D eigenvalue weighted by Gasteiger charge is -2.59. The van der Waals surface area contributed by atoms with Gasteiger partial charge < -0.3 is 19.4 Å². The number of furan rings is 1. The Bertz CT molecular complexity index is 902. The van der Waals surface area contributed by atoms with Gasteiger partial charge in [-0.1, -0.05) is 0 Å². The number of piperazine rings is 1. The lowest BCUT2D eigenvalue weighted by Crippen LogP contribution is -2.66. The van der Waals surface area contributed by atoms with Crippen molar-refractivity contribution >= 4 is 17.8 Å². The van der Waals surface area contributed by atoms with Crippen molar-refractivity contribution in [2.24, 2.45) is 23.2 Å². The Balaban J connectivity index is 1.21. The third kappa shape index (κ3) is 3.76. The van der Waals surface area contributed by atoms with E-state index in [2.05, 4.69) is 10.2 Å². The van der Waals surface area contributed by atoms with E-state index in [0.29, 0.717) is 49.7 Å². The molecule has 2 heterocycles. The van der Waals surface area contributed by atoms with Gasteiger partial charge in [0.1, 0.15) is 0 Å². The van der Waals surface area contributed by atoms with Gasteiger partial charge in [-0.2, -0.15) is 0 Å². The van der Waals surface area contributed by atoms with Crippen LogP contribution in [0, 0.1) is 23.2 Å². The normalized spacial score (nSPS) is 33.7. The monoisotopic (exact) mass is 457 g/mol. The van der Waals surface area contributed by atoms with Gasteiger partial charge in [0.05, 0.1) is 24.3 Å². The van der Waals surface area contributed by atoms with Crippen LogP contribution in [-0.4, -0.2) is 72.5 Å². The summed E-state index contributed by atoms with van der Waals surface area (Å²) in [6, 6.07) is 3.53. The number of rotatable bonds is 5. The lowest BCUT2D eigenvalue weighted by molar-refractivity contribution is -0.171. The van der Waals surface area contributed by atoms with Crippen molar-refractivity contribution in [1.82, 2.24) is 15.1 Å². The van der Waals surface area contributed by atoms with Crippen molar-refractivity contribution in [3.05, 3.63) is 24.2 Å². The summed E-state index contributed by atoms with van der Waals surface area (Å²) >= 11 is 0. The van der Waals surface area contributed by atoms with E-state index >= 15 is 0 Å². The van der Waals surface area contributed by atoms with E-state index in [1.807, 2.05) is 13.8 Å². The molecule has 33 heavy (non-hydrogen) atoms. The van der Waals surface area contributed by atoms with Crippen LogP contribution < -0.4 is 5.32 Å². The number of nitrogens with one attached hydrogen (secondary N) is 1.